The third-order valence-electron chi connectivity index (χ3n) is 5.15. The zero-order valence-corrected chi connectivity index (χ0v) is 10.6. The fourth-order valence-electron chi connectivity index (χ4n) is 4.34. The SMILES string of the molecule is CO/C=C/C12CCC(C1)CC2(O)C1=CCCC1. The van der Waals surface area contributed by atoms with E-state index in [2.05, 4.69) is 12.2 Å². The number of hydrogen-bond acceptors (Lipinski definition) is 2. The number of fused-ring (bicyclic) bond motifs is 2. The van der Waals surface area contributed by atoms with Crippen LogP contribution in [0.25, 0.3) is 0 Å². The average molecular weight is 234 g/mol. The van der Waals surface area contributed by atoms with E-state index < -0.39 is 5.60 Å². The van der Waals surface area contributed by atoms with Crippen LogP contribution in [0, 0.1) is 11.3 Å². The quantitative estimate of drug-likeness (QED) is 0.600. The van der Waals surface area contributed by atoms with Gasteiger partial charge in [0.05, 0.1) is 19.0 Å². The van der Waals surface area contributed by atoms with Gasteiger partial charge in [-0.05, 0) is 62.5 Å². The molecule has 3 rings (SSSR count). The Balaban J connectivity index is 1.96. The van der Waals surface area contributed by atoms with Crippen LogP contribution >= 0.6 is 0 Å². The highest BCUT2D eigenvalue weighted by molar-refractivity contribution is 5.33. The van der Waals surface area contributed by atoms with Crippen LogP contribution in [0.4, 0.5) is 0 Å². The molecule has 3 unspecified atom stereocenters. The Morgan fingerprint density at radius 2 is 2.35 bits per heavy atom. The smallest absolute Gasteiger partial charge is 0.0950 e. The Hall–Kier alpha value is -0.760. The lowest BCUT2D eigenvalue weighted by Crippen LogP contribution is -2.45. The van der Waals surface area contributed by atoms with Crippen LogP contribution in [-0.4, -0.2) is 17.8 Å². The zero-order valence-electron chi connectivity index (χ0n) is 10.6. The molecule has 2 fully saturated rings. The Kier molecular flexibility index (Phi) is 2.58. The standard InChI is InChI=1S/C15H22O2/c1-17-9-8-14-7-6-12(10-14)11-15(14,16)13-4-2-3-5-13/h4,8-9,12,16H,2-3,5-7,10-11H2,1H3/b9-8+. The maximum atomic E-state index is 11.2. The predicted octanol–water partition coefficient (Wildman–Crippen LogP) is 3.18. The molecule has 3 aliphatic carbocycles. The summed E-state index contributed by atoms with van der Waals surface area (Å²) in [5.74, 6) is 0.711. The molecule has 0 aromatic rings. The Morgan fingerprint density at radius 3 is 3.00 bits per heavy atom. The van der Waals surface area contributed by atoms with Gasteiger partial charge in [0.2, 0.25) is 0 Å². The summed E-state index contributed by atoms with van der Waals surface area (Å²) >= 11 is 0. The van der Waals surface area contributed by atoms with Gasteiger partial charge in [-0.3, -0.25) is 0 Å². The number of aliphatic hydroxyl groups is 1. The molecule has 0 aromatic carbocycles. The van der Waals surface area contributed by atoms with E-state index in [0.717, 1.165) is 32.1 Å². The van der Waals surface area contributed by atoms with Crippen molar-refractivity contribution in [2.75, 3.05) is 7.11 Å². The lowest BCUT2D eigenvalue weighted by atomic mass is 9.67. The molecular formula is C15H22O2. The van der Waals surface area contributed by atoms with Crippen LogP contribution in [0.3, 0.4) is 0 Å². The van der Waals surface area contributed by atoms with Gasteiger partial charge < -0.3 is 9.84 Å². The third kappa shape index (κ3) is 1.50. The fourth-order valence-corrected chi connectivity index (χ4v) is 4.34. The molecule has 0 radical (unpaired) electrons. The first-order valence-electron chi connectivity index (χ1n) is 6.83. The van der Waals surface area contributed by atoms with Gasteiger partial charge in [0.15, 0.2) is 0 Å². The lowest BCUT2D eigenvalue weighted by Gasteiger charge is -2.42. The minimum absolute atomic E-state index is 0.0378. The Labute approximate surface area is 103 Å². The number of allylic oxidation sites excluding steroid dienone is 1. The van der Waals surface area contributed by atoms with Crippen LogP contribution in [-0.2, 0) is 4.74 Å². The van der Waals surface area contributed by atoms with E-state index in [-0.39, 0.29) is 5.41 Å². The zero-order chi connectivity index (χ0) is 11.9. The molecule has 17 heavy (non-hydrogen) atoms. The monoisotopic (exact) mass is 234 g/mol. The second kappa shape index (κ2) is 3.88. The van der Waals surface area contributed by atoms with Gasteiger partial charge in [-0.25, -0.2) is 0 Å². The maximum Gasteiger partial charge on any atom is 0.0950 e. The molecule has 0 aromatic heterocycles. The summed E-state index contributed by atoms with van der Waals surface area (Å²) in [7, 11) is 1.68. The van der Waals surface area contributed by atoms with Crippen LogP contribution < -0.4 is 0 Å². The minimum atomic E-state index is -0.568. The fraction of sp³-hybridized carbons (Fsp3) is 0.733. The molecule has 2 saturated carbocycles. The number of hydrogen-bond donors (Lipinski definition) is 1. The van der Waals surface area contributed by atoms with E-state index in [4.69, 9.17) is 4.74 Å². The molecule has 1 N–H and O–H groups in total. The minimum Gasteiger partial charge on any atom is -0.505 e. The van der Waals surface area contributed by atoms with Crippen molar-refractivity contribution < 1.29 is 9.84 Å². The molecule has 0 heterocycles. The van der Waals surface area contributed by atoms with Gasteiger partial charge in [0, 0.05) is 5.41 Å². The van der Waals surface area contributed by atoms with Gasteiger partial charge in [0.25, 0.3) is 0 Å². The second-order valence-electron chi connectivity index (χ2n) is 5.99. The van der Waals surface area contributed by atoms with E-state index >= 15 is 0 Å². The number of methoxy groups -OCH3 is 1. The van der Waals surface area contributed by atoms with Crippen LogP contribution in [0.1, 0.15) is 44.9 Å². The Bertz CT molecular complexity index is 371. The maximum absolute atomic E-state index is 11.2. The van der Waals surface area contributed by atoms with Crippen molar-refractivity contribution in [1.29, 1.82) is 0 Å². The van der Waals surface area contributed by atoms with E-state index in [1.165, 1.54) is 18.4 Å². The highest BCUT2D eigenvalue weighted by atomic mass is 16.5. The van der Waals surface area contributed by atoms with Crippen molar-refractivity contribution in [3.63, 3.8) is 0 Å². The normalized spacial score (nSPS) is 44.6. The summed E-state index contributed by atoms with van der Waals surface area (Å²) in [5, 5.41) is 11.2. The van der Waals surface area contributed by atoms with Gasteiger partial charge >= 0.3 is 0 Å². The lowest BCUT2D eigenvalue weighted by molar-refractivity contribution is -0.0185. The molecule has 3 aliphatic rings. The molecule has 94 valence electrons. The van der Waals surface area contributed by atoms with Crippen LogP contribution in [0.15, 0.2) is 24.0 Å². The van der Waals surface area contributed by atoms with Crippen LogP contribution in [0.5, 0.6) is 0 Å². The van der Waals surface area contributed by atoms with Crippen molar-refractivity contribution >= 4 is 0 Å². The molecule has 0 aliphatic heterocycles. The molecular weight excluding hydrogens is 212 g/mol. The number of rotatable bonds is 3. The molecule has 0 spiro atoms. The van der Waals surface area contributed by atoms with Crippen molar-refractivity contribution in [2.45, 2.75) is 50.5 Å². The number of ether oxygens (including phenoxy) is 1. The highest BCUT2D eigenvalue weighted by Crippen LogP contribution is 2.63. The van der Waals surface area contributed by atoms with Gasteiger partial charge in [0.1, 0.15) is 0 Å². The average Bonchev–Trinajstić information content (AvgIpc) is 3.01. The Morgan fingerprint density at radius 1 is 1.47 bits per heavy atom. The van der Waals surface area contributed by atoms with E-state index in [1.54, 1.807) is 13.4 Å². The van der Waals surface area contributed by atoms with E-state index in [9.17, 15) is 5.11 Å². The molecule has 0 amide bonds. The van der Waals surface area contributed by atoms with Gasteiger partial charge in [-0.2, -0.15) is 0 Å². The first kappa shape index (κ1) is 11.3. The van der Waals surface area contributed by atoms with Crippen LogP contribution in [0.2, 0.25) is 0 Å². The predicted molar refractivity (Wildman–Crippen MR) is 67.4 cm³/mol. The van der Waals surface area contributed by atoms with Crippen molar-refractivity contribution in [3.8, 4) is 0 Å². The first-order valence-corrected chi connectivity index (χ1v) is 6.83. The van der Waals surface area contributed by atoms with Crippen molar-refractivity contribution in [3.05, 3.63) is 24.0 Å². The first-order chi connectivity index (χ1) is 8.20. The molecule has 2 heteroatoms. The van der Waals surface area contributed by atoms with Gasteiger partial charge in [-0.1, -0.05) is 6.08 Å². The van der Waals surface area contributed by atoms with Crippen molar-refractivity contribution in [2.24, 2.45) is 11.3 Å². The summed E-state index contributed by atoms with van der Waals surface area (Å²) in [6.45, 7) is 0. The molecule has 0 saturated heterocycles. The summed E-state index contributed by atoms with van der Waals surface area (Å²) in [6.07, 6.45) is 14.1. The topological polar surface area (TPSA) is 29.5 Å². The summed E-state index contributed by atoms with van der Waals surface area (Å²) in [4.78, 5) is 0. The third-order valence-corrected chi connectivity index (χ3v) is 5.15. The molecule has 2 bridgehead atoms. The summed E-state index contributed by atoms with van der Waals surface area (Å²) in [6, 6.07) is 0. The molecule has 2 nitrogen and oxygen atoms in total. The van der Waals surface area contributed by atoms with Gasteiger partial charge in [-0.15, -0.1) is 0 Å². The highest BCUT2D eigenvalue weighted by Gasteiger charge is 2.61. The van der Waals surface area contributed by atoms with E-state index in [0.29, 0.717) is 5.92 Å². The summed E-state index contributed by atoms with van der Waals surface area (Å²) in [5.41, 5.74) is 0.700. The molecule has 3 atom stereocenters. The largest absolute Gasteiger partial charge is 0.505 e. The summed E-state index contributed by atoms with van der Waals surface area (Å²) < 4.78 is 5.09. The second-order valence-corrected chi connectivity index (χ2v) is 5.99. The van der Waals surface area contributed by atoms with E-state index in [1.807, 2.05) is 0 Å². The van der Waals surface area contributed by atoms with Crippen molar-refractivity contribution in [1.82, 2.24) is 0 Å².